The maximum atomic E-state index is 13.2. The van der Waals surface area contributed by atoms with Crippen LogP contribution < -0.4 is 0 Å². The van der Waals surface area contributed by atoms with Crippen LogP contribution in [0.5, 0.6) is 0 Å². The van der Waals surface area contributed by atoms with Gasteiger partial charge in [-0.3, -0.25) is 9.59 Å². The number of aliphatic hydroxyl groups excluding tert-OH is 1. The minimum Gasteiger partial charge on any atom is -0.462 e. The maximum absolute atomic E-state index is 13.2. The van der Waals surface area contributed by atoms with Crippen LogP contribution in [0, 0.1) is 29.1 Å². The Morgan fingerprint density at radius 3 is 2.50 bits per heavy atom. The van der Waals surface area contributed by atoms with Crippen LogP contribution in [0.3, 0.4) is 0 Å². The summed E-state index contributed by atoms with van der Waals surface area (Å²) >= 11 is 0. The molecule has 188 valence electrons. The van der Waals surface area contributed by atoms with Crippen LogP contribution in [-0.4, -0.2) is 29.1 Å². The Bertz CT molecular complexity index is 916. The molecule has 1 N–H and O–H groups in total. The summed E-state index contributed by atoms with van der Waals surface area (Å²) in [5.41, 5.74) is 4.32. The first-order valence-corrected chi connectivity index (χ1v) is 13.0. The molecule has 7 atom stereocenters. The van der Waals surface area contributed by atoms with Crippen molar-refractivity contribution in [3.05, 3.63) is 46.6 Å². The Morgan fingerprint density at radius 2 is 1.85 bits per heavy atom. The minimum absolute atomic E-state index is 0.00557. The van der Waals surface area contributed by atoms with E-state index in [1.54, 1.807) is 0 Å². The second-order valence-electron chi connectivity index (χ2n) is 11.5. The molecule has 3 fully saturated rings. The number of ketones is 1. The lowest BCUT2D eigenvalue weighted by atomic mass is 9.50. The predicted molar refractivity (Wildman–Crippen MR) is 137 cm³/mol. The summed E-state index contributed by atoms with van der Waals surface area (Å²) in [5.74, 6) is 1.64. The molecule has 7 unspecified atom stereocenters. The van der Waals surface area contributed by atoms with Gasteiger partial charge in [0.25, 0.3) is 0 Å². The summed E-state index contributed by atoms with van der Waals surface area (Å²) in [6.07, 6.45) is 12.8. The van der Waals surface area contributed by atoms with E-state index in [9.17, 15) is 14.7 Å². The number of rotatable bonds is 6. The fourth-order valence-corrected chi connectivity index (χ4v) is 7.04. The minimum atomic E-state index is -0.482. The van der Waals surface area contributed by atoms with Crippen molar-refractivity contribution in [2.75, 3.05) is 0 Å². The monoisotopic (exact) mass is 468 g/mol. The summed E-state index contributed by atoms with van der Waals surface area (Å²) in [6, 6.07) is 0. The first kappa shape index (κ1) is 26.7. The van der Waals surface area contributed by atoms with Gasteiger partial charge in [-0.15, -0.1) is 0 Å². The Hall–Kier alpha value is -1.94. The van der Waals surface area contributed by atoms with E-state index in [1.165, 1.54) is 12.5 Å². The number of allylic oxidation sites excluding steroid dienone is 6. The molecule has 4 nitrogen and oxygen atoms in total. The molecule has 0 bridgehead atoms. The summed E-state index contributed by atoms with van der Waals surface area (Å²) in [5, 5.41) is 10.3. The van der Waals surface area contributed by atoms with Crippen molar-refractivity contribution >= 4 is 11.8 Å². The van der Waals surface area contributed by atoms with Crippen LogP contribution in [0.25, 0.3) is 0 Å². The molecule has 0 aliphatic heterocycles. The van der Waals surface area contributed by atoms with E-state index in [-0.39, 0.29) is 17.5 Å². The topological polar surface area (TPSA) is 63.6 Å². The smallest absolute Gasteiger partial charge is 0.302 e. The molecule has 0 heterocycles. The Balaban J connectivity index is 1.76. The van der Waals surface area contributed by atoms with Crippen LogP contribution in [0.4, 0.5) is 0 Å². The average molecular weight is 469 g/mol. The van der Waals surface area contributed by atoms with Crippen LogP contribution in [0.1, 0.15) is 87.0 Å². The summed E-state index contributed by atoms with van der Waals surface area (Å²) in [7, 11) is 0. The Kier molecular flexibility index (Phi) is 8.44. The van der Waals surface area contributed by atoms with Crippen molar-refractivity contribution in [1.29, 1.82) is 0 Å². The standard InChI is InChI=1S/C30H44O4/c1-18(2)11-14-26(32)19(3)9-8-10-20(4)29-23-12-13-24-21(5)28(34-22(6)31)15-16-30(24,7)25(23)17-27(29)33/h8-11,21,23-26,28,32H,12-17H2,1-7H3/b10-8+,19-9+,29-20-. The lowest BCUT2D eigenvalue weighted by Gasteiger charge is -2.55. The molecule has 4 heteroatoms. The van der Waals surface area contributed by atoms with Gasteiger partial charge >= 0.3 is 5.97 Å². The molecule has 3 aliphatic rings. The zero-order valence-corrected chi connectivity index (χ0v) is 22.2. The quantitative estimate of drug-likeness (QED) is 0.209. The molecule has 0 spiro atoms. The summed E-state index contributed by atoms with van der Waals surface area (Å²) < 4.78 is 5.65. The van der Waals surface area contributed by atoms with Crippen molar-refractivity contribution in [1.82, 2.24) is 0 Å². The van der Waals surface area contributed by atoms with E-state index in [0.29, 0.717) is 42.3 Å². The predicted octanol–water partition coefficient (Wildman–Crippen LogP) is 6.51. The maximum Gasteiger partial charge on any atom is 0.302 e. The number of aliphatic hydroxyl groups is 1. The van der Waals surface area contributed by atoms with Gasteiger partial charge in [0.1, 0.15) is 6.10 Å². The van der Waals surface area contributed by atoms with Crippen molar-refractivity contribution in [2.24, 2.45) is 29.1 Å². The highest BCUT2D eigenvalue weighted by molar-refractivity contribution is 5.99. The zero-order valence-electron chi connectivity index (χ0n) is 22.2. The first-order valence-electron chi connectivity index (χ1n) is 13.0. The van der Waals surface area contributed by atoms with Crippen molar-refractivity contribution < 1.29 is 19.4 Å². The number of fused-ring (bicyclic) bond motifs is 3. The van der Waals surface area contributed by atoms with E-state index in [2.05, 4.69) is 20.8 Å². The first-order chi connectivity index (χ1) is 16.0. The molecule has 0 aromatic rings. The van der Waals surface area contributed by atoms with Gasteiger partial charge in [-0.05, 0) is 100 Å². The molecular weight excluding hydrogens is 424 g/mol. The molecule has 0 amide bonds. The van der Waals surface area contributed by atoms with E-state index in [0.717, 1.165) is 42.4 Å². The van der Waals surface area contributed by atoms with Crippen molar-refractivity contribution in [3.8, 4) is 0 Å². The molecule has 0 aromatic carbocycles. The third-order valence-corrected chi connectivity index (χ3v) is 8.96. The van der Waals surface area contributed by atoms with Crippen molar-refractivity contribution in [2.45, 2.75) is 99.2 Å². The van der Waals surface area contributed by atoms with E-state index >= 15 is 0 Å². The average Bonchev–Trinajstić information content (AvgIpc) is 3.11. The lowest BCUT2D eigenvalue weighted by Crippen LogP contribution is -2.51. The van der Waals surface area contributed by atoms with Gasteiger partial charge < -0.3 is 9.84 Å². The van der Waals surface area contributed by atoms with E-state index in [1.807, 2.05) is 45.1 Å². The van der Waals surface area contributed by atoms with Gasteiger partial charge in [-0.1, -0.05) is 43.7 Å². The fraction of sp³-hybridized carbons (Fsp3) is 0.667. The number of hydrogen-bond donors (Lipinski definition) is 1. The molecule has 3 saturated carbocycles. The van der Waals surface area contributed by atoms with Gasteiger partial charge in [0.05, 0.1) is 6.10 Å². The van der Waals surface area contributed by atoms with Crippen LogP contribution in [0.15, 0.2) is 46.6 Å². The molecule has 34 heavy (non-hydrogen) atoms. The van der Waals surface area contributed by atoms with E-state index in [4.69, 9.17) is 4.74 Å². The van der Waals surface area contributed by atoms with Gasteiger partial charge in [0.2, 0.25) is 0 Å². The SMILES string of the molecule is CC(=O)OC1CCC2(C)C3CC(=O)\C(=C(C)/C=C/C=C(\C)C(O)CC=C(C)C)C3CCC2C1C. The number of carbonyl (C=O) groups excluding carboxylic acids is 2. The number of hydrogen-bond acceptors (Lipinski definition) is 4. The van der Waals surface area contributed by atoms with Gasteiger partial charge in [-0.25, -0.2) is 0 Å². The molecule has 0 saturated heterocycles. The molecule has 0 radical (unpaired) electrons. The number of esters is 1. The summed E-state index contributed by atoms with van der Waals surface area (Å²) in [4.78, 5) is 24.8. The zero-order chi connectivity index (χ0) is 25.2. The number of ether oxygens (including phenoxy) is 1. The third-order valence-electron chi connectivity index (χ3n) is 8.96. The highest BCUT2D eigenvalue weighted by atomic mass is 16.5. The van der Waals surface area contributed by atoms with Gasteiger partial charge in [0.15, 0.2) is 5.78 Å². The largest absolute Gasteiger partial charge is 0.462 e. The number of Topliss-reactive ketones (excluding diaryl/α,β-unsaturated/α-hetero) is 1. The highest BCUT2D eigenvalue weighted by Crippen LogP contribution is 2.62. The molecule has 3 aliphatic carbocycles. The molecule has 0 aromatic heterocycles. The van der Waals surface area contributed by atoms with Crippen molar-refractivity contribution in [3.63, 3.8) is 0 Å². The third kappa shape index (κ3) is 5.48. The molecular formula is C30H44O4. The normalized spacial score (nSPS) is 36.1. The fourth-order valence-electron chi connectivity index (χ4n) is 7.04. The summed E-state index contributed by atoms with van der Waals surface area (Å²) in [6.45, 7) is 14.2. The second kappa shape index (κ2) is 10.8. The number of carbonyl (C=O) groups is 2. The second-order valence-corrected chi connectivity index (χ2v) is 11.5. The van der Waals surface area contributed by atoms with Gasteiger partial charge in [-0.2, -0.15) is 0 Å². The van der Waals surface area contributed by atoms with Crippen LogP contribution in [0.2, 0.25) is 0 Å². The van der Waals surface area contributed by atoms with E-state index < -0.39 is 6.10 Å². The molecule has 3 rings (SSSR count). The van der Waals surface area contributed by atoms with Gasteiger partial charge in [0, 0.05) is 18.9 Å². The Morgan fingerprint density at radius 1 is 1.15 bits per heavy atom. The van der Waals surface area contributed by atoms with Crippen LogP contribution >= 0.6 is 0 Å². The lowest BCUT2D eigenvalue weighted by molar-refractivity contribution is -0.161. The highest BCUT2D eigenvalue weighted by Gasteiger charge is 2.57. The van der Waals surface area contributed by atoms with Crippen LogP contribution in [-0.2, 0) is 14.3 Å². The Labute approximate surface area is 206 Å².